The second-order valence-electron chi connectivity index (χ2n) is 3.39. The Kier molecular flexibility index (Phi) is 3.99. The lowest BCUT2D eigenvalue weighted by molar-refractivity contribution is 0.421. The van der Waals surface area contributed by atoms with E-state index in [1.54, 1.807) is 4.78 Å². The standard InChI is InChI=1S/C8H13N4OPS3/c1-4-11(5-2)14(13)12-7(9-8(15)17-14)16-6(3)10-12/h4-5H2,1-3H3. The Morgan fingerprint density at radius 3 is 2.71 bits per heavy atom. The van der Waals surface area contributed by atoms with E-state index in [9.17, 15) is 4.57 Å². The zero-order valence-corrected chi connectivity index (χ0v) is 13.1. The lowest BCUT2D eigenvalue weighted by atomic mass is 10.7. The molecule has 94 valence electrons. The maximum Gasteiger partial charge on any atom is 0.323 e. The third-order valence-electron chi connectivity index (χ3n) is 2.36. The number of aliphatic imine (C=N–C) groups is 1. The van der Waals surface area contributed by atoms with Gasteiger partial charge in [0.25, 0.3) is 0 Å². The average molecular weight is 308 g/mol. The van der Waals surface area contributed by atoms with E-state index in [-0.39, 0.29) is 0 Å². The zero-order chi connectivity index (χ0) is 12.6. The predicted octanol–water partition coefficient (Wildman–Crippen LogP) is 3.21. The van der Waals surface area contributed by atoms with E-state index >= 15 is 0 Å². The molecule has 0 amide bonds. The minimum atomic E-state index is -2.82. The summed E-state index contributed by atoms with van der Waals surface area (Å²) in [7, 11) is 0. The number of hydrazone groups is 1. The predicted molar refractivity (Wildman–Crippen MR) is 80.7 cm³/mol. The molecule has 17 heavy (non-hydrogen) atoms. The van der Waals surface area contributed by atoms with Gasteiger partial charge in [0.1, 0.15) is 0 Å². The summed E-state index contributed by atoms with van der Waals surface area (Å²) >= 11 is 7.69. The fraction of sp³-hybridized carbons (Fsp3) is 0.625. The Balaban J connectivity index is 2.44. The molecule has 1 unspecified atom stereocenters. The second-order valence-corrected chi connectivity index (χ2v) is 9.67. The summed E-state index contributed by atoms with van der Waals surface area (Å²) < 4.78 is 17.0. The highest BCUT2D eigenvalue weighted by molar-refractivity contribution is 8.66. The maximum atomic E-state index is 13.1. The summed E-state index contributed by atoms with van der Waals surface area (Å²) in [5.74, 6) is 0. The molecule has 2 aliphatic heterocycles. The second kappa shape index (κ2) is 5.01. The van der Waals surface area contributed by atoms with Crippen LogP contribution in [0.4, 0.5) is 0 Å². The van der Waals surface area contributed by atoms with Crippen molar-refractivity contribution in [2.45, 2.75) is 20.8 Å². The number of rotatable bonds is 3. The van der Waals surface area contributed by atoms with Crippen LogP contribution in [0.2, 0.25) is 0 Å². The lowest BCUT2D eigenvalue weighted by Gasteiger charge is -2.35. The molecule has 9 heteroatoms. The van der Waals surface area contributed by atoms with Gasteiger partial charge in [-0.3, -0.25) is 4.57 Å². The highest BCUT2D eigenvalue weighted by atomic mass is 32.7. The summed E-state index contributed by atoms with van der Waals surface area (Å²) in [6.07, 6.45) is 0. The van der Waals surface area contributed by atoms with Gasteiger partial charge in [0.15, 0.2) is 4.32 Å². The van der Waals surface area contributed by atoms with E-state index in [4.69, 9.17) is 12.2 Å². The van der Waals surface area contributed by atoms with Gasteiger partial charge in [-0.25, -0.2) is 9.66 Å². The largest absolute Gasteiger partial charge is 0.323 e. The number of thiocarbonyl (C=S) groups is 1. The summed E-state index contributed by atoms with van der Waals surface area (Å²) in [4.78, 5) is 4.23. The monoisotopic (exact) mass is 308 g/mol. The minimum absolute atomic E-state index is 0.434. The summed E-state index contributed by atoms with van der Waals surface area (Å²) in [6.45, 7) is 4.43. The van der Waals surface area contributed by atoms with Crippen molar-refractivity contribution in [3.8, 4) is 0 Å². The molecule has 0 N–H and O–H groups in total. The fourth-order valence-corrected chi connectivity index (χ4v) is 8.32. The van der Waals surface area contributed by atoms with E-state index < -0.39 is 6.65 Å². The van der Waals surface area contributed by atoms with Crippen LogP contribution in [0.15, 0.2) is 10.1 Å². The van der Waals surface area contributed by atoms with Crippen LogP contribution in [0.3, 0.4) is 0 Å². The first-order chi connectivity index (χ1) is 8.01. The molecule has 0 fully saturated rings. The molecule has 0 radical (unpaired) electrons. The number of thioether (sulfide) groups is 1. The number of amidine groups is 1. The Morgan fingerprint density at radius 1 is 1.47 bits per heavy atom. The van der Waals surface area contributed by atoms with Crippen LogP contribution in [0, 0.1) is 0 Å². The zero-order valence-electron chi connectivity index (χ0n) is 9.78. The quantitative estimate of drug-likeness (QED) is 0.589. The van der Waals surface area contributed by atoms with E-state index in [0.717, 1.165) is 16.4 Å². The van der Waals surface area contributed by atoms with Crippen molar-refractivity contribution < 1.29 is 4.57 Å². The number of hydrogen-bond acceptors (Lipinski definition) is 5. The van der Waals surface area contributed by atoms with Gasteiger partial charge in [0.05, 0.1) is 5.04 Å². The Hall–Kier alpha value is 0.120. The molecule has 2 rings (SSSR count). The van der Waals surface area contributed by atoms with Gasteiger partial charge >= 0.3 is 6.65 Å². The molecule has 0 aromatic rings. The molecule has 0 aliphatic carbocycles. The van der Waals surface area contributed by atoms with E-state index in [1.165, 1.54) is 11.8 Å². The van der Waals surface area contributed by atoms with Gasteiger partial charge < -0.3 is 0 Å². The summed E-state index contributed by atoms with van der Waals surface area (Å²) in [5.41, 5.74) is 0. The van der Waals surface area contributed by atoms with Crippen LogP contribution in [0.5, 0.6) is 0 Å². The molecule has 0 bridgehead atoms. The Bertz CT molecular complexity index is 460. The SMILES string of the molecule is CCN(CC)P1(=O)SC(=S)N=C2SC(C)=NN21. The maximum absolute atomic E-state index is 13.1. The number of nitrogens with zero attached hydrogens (tertiary/aromatic N) is 4. The van der Waals surface area contributed by atoms with Gasteiger partial charge in [-0.05, 0) is 30.9 Å². The van der Waals surface area contributed by atoms with Gasteiger partial charge in [-0.2, -0.15) is 9.88 Å². The highest BCUT2D eigenvalue weighted by Crippen LogP contribution is 2.68. The molecule has 0 aromatic heterocycles. The first kappa shape index (κ1) is 13.5. The van der Waals surface area contributed by atoms with Crippen molar-refractivity contribution in [2.24, 2.45) is 10.1 Å². The molecule has 0 saturated heterocycles. The van der Waals surface area contributed by atoms with Crippen LogP contribution in [0.25, 0.3) is 0 Å². The van der Waals surface area contributed by atoms with Crippen LogP contribution in [-0.4, -0.2) is 37.1 Å². The van der Waals surface area contributed by atoms with Gasteiger partial charge in [-0.15, -0.1) is 0 Å². The topological polar surface area (TPSA) is 48.3 Å². The van der Waals surface area contributed by atoms with Crippen molar-refractivity contribution in [2.75, 3.05) is 13.1 Å². The highest BCUT2D eigenvalue weighted by Gasteiger charge is 2.46. The lowest BCUT2D eigenvalue weighted by Crippen LogP contribution is -2.31. The van der Waals surface area contributed by atoms with Crippen molar-refractivity contribution in [3.63, 3.8) is 0 Å². The normalized spacial score (nSPS) is 28.2. The van der Waals surface area contributed by atoms with E-state index in [2.05, 4.69) is 10.1 Å². The molecule has 0 aromatic carbocycles. The third kappa shape index (κ3) is 2.33. The summed E-state index contributed by atoms with van der Waals surface area (Å²) in [6, 6.07) is 0. The van der Waals surface area contributed by atoms with Crippen molar-refractivity contribution in [1.29, 1.82) is 0 Å². The Morgan fingerprint density at radius 2 is 2.12 bits per heavy atom. The van der Waals surface area contributed by atoms with Crippen molar-refractivity contribution in [1.82, 2.24) is 9.45 Å². The van der Waals surface area contributed by atoms with Crippen LogP contribution >= 0.6 is 42.0 Å². The molecule has 0 saturated carbocycles. The van der Waals surface area contributed by atoms with Gasteiger partial charge in [0.2, 0.25) is 5.17 Å². The first-order valence-electron chi connectivity index (χ1n) is 5.22. The van der Waals surface area contributed by atoms with Gasteiger partial charge in [0, 0.05) is 24.5 Å². The first-order valence-corrected chi connectivity index (χ1v) is 9.48. The van der Waals surface area contributed by atoms with E-state index in [1.807, 2.05) is 25.4 Å². The molecular weight excluding hydrogens is 295 g/mol. The summed E-state index contributed by atoms with van der Waals surface area (Å²) in [5, 5.41) is 5.80. The average Bonchev–Trinajstić information content (AvgIpc) is 2.60. The van der Waals surface area contributed by atoms with E-state index in [0.29, 0.717) is 22.6 Å². The number of hydrogen-bond donors (Lipinski definition) is 0. The van der Waals surface area contributed by atoms with Crippen molar-refractivity contribution in [3.05, 3.63) is 0 Å². The molecule has 2 aliphatic rings. The molecule has 1 atom stereocenters. The third-order valence-corrected chi connectivity index (χ3v) is 8.94. The number of fused-ring (bicyclic) bond motifs is 1. The van der Waals surface area contributed by atoms with Crippen LogP contribution < -0.4 is 0 Å². The molecule has 2 heterocycles. The van der Waals surface area contributed by atoms with Crippen molar-refractivity contribution >= 4 is 56.5 Å². The minimum Gasteiger partial charge on any atom is -0.267 e. The Labute approximate surface area is 114 Å². The molecular formula is C8H13N4OPS3. The fourth-order valence-electron chi connectivity index (χ4n) is 1.60. The smallest absolute Gasteiger partial charge is 0.267 e. The van der Waals surface area contributed by atoms with Crippen LogP contribution in [0.1, 0.15) is 20.8 Å². The van der Waals surface area contributed by atoms with Crippen LogP contribution in [-0.2, 0) is 4.57 Å². The molecule has 5 nitrogen and oxygen atoms in total. The van der Waals surface area contributed by atoms with Gasteiger partial charge in [-0.1, -0.05) is 13.8 Å². The molecule has 0 spiro atoms.